The normalized spacial score (nSPS) is 43.1. The third-order valence-electron chi connectivity index (χ3n) is 2.86. The molecule has 3 aliphatic rings. The van der Waals surface area contributed by atoms with E-state index < -0.39 is 5.79 Å². The van der Waals surface area contributed by atoms with Crippen molar-refractivity contribution in [3.8, 4) is 0 Å². The van der Waals surface area contributed by atoms with Crippen molar-refractivity contribution in [3.05, 3.63) is 12.2 Å². The van der Waals surface area contributed by atoms with E-state index in [0.29, 0.717) is 6.04 Å². The van der Waals surface area contributed by atoms with Gasteiger partial charge in [-0.1, -0.05) is 0 Å². The second-order valence-corrected chi connectivity index (χ2v) is 3.80. The monoisotopic (exact) mass is 181 g/mol. The molecule has 13 heavy (non-hydrogen) atoms. The summed E-state index contributed by atoms with van der Waals surface area (Å²) in [6.07, 6.45) is 6.29. The molecule has 4 nitrogen and oxygen atoms in total. The number of esters is 1. The number of carbonyl (C=O) groups is 1. The average Bonchev–Trinajstić information content (AvgIpc) is 2.67. The third kappa shape index (κ3) is 1.02. The minimum absolute atomic E-state index is 0.291. The van der Waals surface area contributed by atoms with Crippen LogP contribution in [0.5, 0.6) is 0 Å². The highest BCUT2D eigenvalue weighted by Gasteiger charge is 2.50. The molecular formula is C9H11NO3. The minimum atomic E-state index is -0.748. The van der Waals surface area contributed by atoms with Gasteiger partial charge in [0.05, 0.1) is 0 Å². The van der Waals surface area contributed by atoms with Crippen molar-refractivity contribution in [1.82, 2.24) is 5.06 Å². The molecule has 2 fully saturated rings. The van der Waals surface area contributed by atoms with Crippen LogP contribution in [0.3, 0.4) is 0 Å². The van der Waals surface area contributed by atoms with Crippen LogP contribution < -0.4 is 0 Å². The van der Waals surface area contributed by atoms with Crippen LogP contribution in [0.1, 0.15) is 19.3 Å². The zero-order valence-electron chi connectivity index (χ0n) is 7.23. The molecular weight excluding hydrogens is 170 g/mol. The molecule has 70 valence electrons. The van der Waals surface area contributed by atoms with E-state index in [4.69, 9.17) is 9.57 Å². The first kappa shape index (κ1) is 7.53. The first-order chi connectivity index (χ1) is 6.27. The lowest BCUT2D eigenvalue weighted by Gasteiger charge is -2.20. The zero-order valence-corrected chi connectivity index (χ0v) is 7.23. The van der Waals surface area contributed by atoms with Crippen molar-refractivity contribution in [2.75, 3.05) is 6.54 Å². The molecule has 0 unspecified atom stereocenters. The van der Waals surface area contributed by atoms with Crippen LogP contribution in [-0.2, 0) is 14.4 Å². The SMILES string of the molecule is O=C1C=C[C@]2(C[C@H]3CCCN3O2)O1. The molecule has 0 aromatic carbocycles. The van der Waals surface area contributed by atoms with E-state index in [9.17, 15) is 4.79 Å². The van der Waals surface area contributed by atoms with Crippen LogP contribution in [0.4, 0.5) is 0 Å². The maximum Gasteiger partial charge on any atom is 0.333 e. The van der Waals surface area contributed by atoms with E-state index in [0.717, 1.165) is 19.4 Å². The summed E-state index contributed by atoms with van der Waals surface area (Å²) < 4.78 is 5.13. The fraction of sp³-hybridized carbons (Fsp3) is 0.667. The number of rotatable bonds is 0. The maximum atomic E-state index is 10.9. The predicted octanol–water partition coefficient (Wildman–Crippen LogP) is 0.595. The van der Waals surface area contributed by atoms with Crippen molar-refractivity contribution in [3.63, 3.8) is 0 Å². The smallest absolute Gasteiger partial charge is 0.333 e. The summed E-state index contributed by atoms with van der Waals surface area (Å²) in [6, 6.07) is 0.440. The summed E-state index contributed by atoms with van der Waals surface area (Å²) in [7, 11) is 0. The molecule has 2 saturated heterocycles. The molecule has 3 aliphatic heterocycles. The number of fused-ring (bicyclic) bond motifs is 1. The van der Waals surface area contributed by atoms with Gasteiger partial charge in [-0.15, -0.1) is 0 Å². The Hall–Kier alpha value is -0.870. The fourth-order valence-electron chi connectivity index (χ4n) is 2.29. The van der Waals surface area contributed by atoms with E-state index in [1.165, 1.54) is 12.5 Å². The molecule has 0 radical (unpaired) electrons. The largest absolute Gasteiger partial charge is 0.424 e. The molecule has 0 bridgehead atoms. The van der Waals surface area contributed by atoms with Gasteiger partial charge in [-0.3, -0.25) is 0 Å². The van der Waals surface area contributed by atoms with Gasteiger partial charge >= 0.3 is 5.97 Å². The van der Waals surface area contributed by atoms with Gasteiger partial charge in [0.2, 0.25) is 0 Å². The molecule has 3 heterocycles. The number of nitrogens with zero attached hydrogens (tertiary/aromatic N) is 1. The molecule has 0 saturated carbocycles. The van der Waals surface area contributed by atoms with Crippen LogP contribution in [0.25, 0.3) is 0 Å². The highest BCUT2D eigenvalue weighted by atomic mass is 16.8. The topological polar surface area (TPSA) is 38.8 Å². The Balaban J connectivity index is 1.82. The predicted molar refractivity (Wildman–Crippen MR) is 43.4 cm³/mol. The van der Waals surface area contributed by atoms with Gasteiger partial charge in [0.25, 0.3) is 5.79 Å². The van der Waals surface area contributed by atoms with E-state index in [2.05, 4.69) is 0 Å². The summed E-state index contributed by atoms with van der Waals surface area (Å²) in [5.74, 6) is -1.04. The first-order valence-corrected chi connectivity index (χ1v) is 4.65. The Kier molecular flexibility index (Phi) is 1.35. The molecule has 2 atom stereocenters. The van der Waals surface area contributed by atoms with Crippen molar-refractivity contribution < 1.29 is 14.4 Å². The molecule has 0 aromatic heterocycles. The van der Waals surface area contributed by atoms with Crippen LogP contribution >= 0.6 is 0 Å². The van der Waals surface area contributed by atoms with E-state index in [1.807, 2.05) is 5.06 Å². The number of hydrogen-bond donors (Lipinski definition) is 0. The van der Waals surface area contributed by atoms with Gasteiger partial charge in [-0.25, -0.2) is 9.63 Å². The molecule has 0 aromatic rings. The van der Waals surface area contributed by atoms with Crippen molar-refractivity contribution in [1.29, 1.82) is 0 Å². The van der Waals surface area contributed by atoms with Gasteiger partial charge in [0.15, 0.2) is 0 Å². The molecule has 3 rings (SSSR count). The van der Waals surface area contributed by atoms with Gasteiger partial charge in [0.1, 0.15) is 0 Å². The first-order valence-electron chi connectivity index (χ1n) is 4.65. The van der Waals surface area contributed by atoms with Crippen LogP contribution in [0.15, 0.2) is 12.2 Å². The van der Waals surface area contributed by atoms with Crippen LogP contribution in [-0.4, -0.2) is 29.4 Å². The Morgan fingerprint density at radius 2 is 2.54 bits per heavy atom. The van der Waals surface area contributed by atoms with Gasteiger partial charge < -0.3 is 4.74 Å². The van der Waals surface area contributed by atoms with Crippen molar-refractivity contribution in [2.24, 2.45) is 0 Å². The lowest BCUT2D eigenvalue weighted by molar-refractivity contribution is -0.260. The third-order valence-corrected chi connectivity index (χ3v) is 2.86. The van der Waals surface area contributed by atoms with Crippen LogP contribution in [0.2, 0.25) is 0 Å². The fourth-order valence-corrected chi connectivity index (χ4v) is 2.29. The highest BCUT2D eigenvalue weighted by molar-refractivity contribution is 5.84. The van der Waals surface area contributed by atoms with Crippen molar-refractivity contribution >= 4 is 5.97 Å². The highest BCUT2D eigenvalue weighted by Crippen LogP contribution is 2.40. The van der Waals surface area contributed by atoms with Gasteiger partial charge in [-0.2, -0.15) is 5.06 Å². The standard InChI is InChI=1S/C9H11NO3/c11-8-3-4-9(12-8)6-7-2-1-5-10(7)13-9/h3-4,7H,1-2,5-6H2/t7-,9+/m1/s1. The molecule has 4 heteroatoms. The maximum absolute atomic E-state index is 10.9. The number of hydroxylamine groups is 2. The van der Waals surface area contributed by atoms with E-state index in [1.54, 1.807) is 6.08 Å². The second-order valence-electron chi connectivity index (χ2n) is 3.80. The number of hydrogen-bond acceptors (Lipinski definition) is 4. The zero-order chi connectivity index (χ0) is 8.89. The summed E-state index contributed by atoms with van der Waals surface area (Å²) in [6.45, 7) is 0.956. The Bertz CT molecular complexity index is 275. The number of ether oxygens (including phenoxy) is 1. The molecule has 0 aliphatic carbocycles. The molecule has 0 N–H and O–H groups in total. The van der Waals surface area contributed by atoms with Crippen molar-refractivity contribution in [2.45, 2.75) is 31.1 Å². The summed E-state index contributed by atoms with van der Waals surface area (Å²) in [4.78, 5) is 16.5. The average molecular weight is 181 g/mol. The summed E-state index contributed by atoms with van der Waals surface area (Å²) >= 11 is 0. The van der Waals surface area contributed by atoms with Gasteiger partial charge in [-0.05, 0) is 18.9 Å². The molecule has 1 spiro atoms. The Labute approximate surface area is 76.1 Å². The lowest BCUT2D eigenvalue weighted by atomic mass is 10.1. The van der Waals surface area contributed by atoms with Crippen LogP contribution in [0, 0.1) is 0 Å². The van der Waals surface area contributed by atoms with Gasteiger partial charge in [0, 0.05) is 25.1 Å². The second kappa shape index (κ2) is 2.33. The Morgan fingerprint density at radius 1 is 1.62 bits per heavy atom. The lowest BCUT2D eigenvalue weighted by Crippen LogP contribution is -2.30. The summed E-state index contributed by atoms with van der Waals surface area (Å²) in [5, 5.41) is 1.95. The Morgan fingerprint density at radius 3 is 3.23 bits per heavy atom. The van der Waals surface area contributed by atoms with E-state index >= 15 is 0 Å². The summed E-state index contributed by atoms with van der Waals surface area (Å²) in [5.41, 5.74) is 0. The van der Waals surface area contributed by atoms with E-state index in [-0.39, 0.29) is 5.97 Å². The number of carbonyl (C=O) groups excluding carboxylic acids is 1. The quantitative estimate of drug-likeness (QED) is 0.513. The molecule has 0 amide bonds. The minimum Gasteiger partial charge on any atom is -0.424 e.